The normalized spacial score (nSPS) is 41.0. The molecule has 3 rings (SSSR count). The van der Waals surface area contributed by atoms with E-state index in [4.69, 9.17) is 0 Å². The van der Waals surface area contributed by atoms with E-state index in [1.807, 2.05) is 0 Å². The van der Waals surface area contributed by atoms with Crippen molar-refractivity contribution in [2.75, 3.05) is 32.7 Å². The third-order valence-corrected chi connectivity index (χ3v) is 5.73. The molecule has 1 N–H and O–H groups in total. The third-order valence-electron chi connectivity index (χ3n) is 5.73. The van der Waals surface area contributed by atoms with Crippen LogP contribution in [0, 0.1) is 11.8 Å². The van der Waals surface area contributed by atoms with Gasteiger partial charge in [-0.3, -0.25) is 9.80 Å². The van der Waals surface area contributed by atoms with Crippen molar-refractivity contribution in [1.82, 2.24) is 15.1 Å². The van der Waals surface area contributed by atoms with Gasteiger partial charge in [0.15, 0.2) is 0 Å². The largest absolute Gasteiger partial charge is 0.313 e. The van der Waals surface area contributed by atoms with Crippen molar-refractivity contribution in [3.63, 3.8) is 0 Å². The number of hydrogen-bond acceptors (Lipinski definition) is 3. The molecule has 3 aliphatic rings. The molecule has 0 aromatic heterocycles. The number of piperazine rings is 1. The zero-order valence-electron chi connectivity index (χ0n) is 13.6. The summed E-state index contributed by atoms with van der Waals surface area (Å²) in [5.41, 5.74) is 0. The van der Waals surface area contributed by atoms with Crippen molar-refractivity contribution in [3.8, 4) is 0 Å². The van der Waals surface area contributed by atoms with Crippen LogP contribution in [0.15, 0.2) is 0 Å². The van der Waals surface area contributed by atoms with E-state index < -0.39 is 0 Å². The molecule has 0 radical (unpaired) electrons. The maximum atomic E-state index is 3.78. The fourth-order valence-electron chi connectivity index (χ4n) is 4.76. The predicted molar refractivity (Wildman–Crippen MR) is 85.0 cm³/mol. The van der Waals surface area contributed by atoms with Crippen LogP contribution in [0.25, 0.3) is 0 Å². The Morgan fingerprint density at radius 3 is 2.20 bits per heavy atom. The lowest BCUT2D eigenvalue weighted by Crippen LogP contribution is -2.61. The number of nitrogens with zero attached hydrogens (tertiary/aromatic N) is 2. The lowest BCUT2D eigenvalue weighted by molar-refractivity contribution is 0.0222. The average Bonchev–Trinajstić information content (AvgIpc) is 3.23. The molecule has 2 saturated carbocycles. The summed E-state index contributed by atoms with van der Waals surface area (Å²) in [6, 6.07) is 2.43. The van der Waals surface area contributed by atoms with Crippen LogP contribution in [0.2, 0.25) is 0 Å². The van der Waals surface area contributed by atoms with Gasteiger partial charge in [-0.15, -0.1) is 0 Å². The molecule has 4 atom stereocenters. The molecule has 3 fully saturated rings. The van der Waals surface area contributed by atoms with E-state index in [0.29, 0.717) is 6.04 Å². The van der Waals surface area contributed by atoms with E-state index in [-0.39, 0.29) is 0 Å². The Bertz CT molecular complexity index is 307. The van der Waals surface area contributed by atoms with Crippen molar-refractivity contribution in [2.24, 2.45) is 11.8 Å². The van der Waals surface area contributed by atoms with Crippen molar-refractivity contribution in [1.29, 1.82) is 0 Å². The van der Waals surface area contributed by atoms with Crippen LogP contribution in [-0.2, 0) is 0 Å². The summed E-state index contributed by atoms with van der Waals surface area (Å²) in [5, 5.41) is 3.78. The summed E-state index contributed by atoms with van der Waals surface area (Å²) < 4.78 is 0. The molecule has 0 amide bonds. The highest BCUT2D eigenvalue weighted by molar-refractivity contribution is 4.96. The van der Waals surface area contributed by atoms with E-state index in [9.17, 15) is 0 Å². The van der Waals surface area contributed by atoms with Gasteiger partial charge in [0.25, 0.3) is 0 Å². The quantitative estimate of drug-likeness (QED) is 0.851. The Labute approximate surface area is 125 Å². The molecule has 1 aliphatic heterocycles. The van der Waals surface area contributed by atoms with Crippen molar-refractivity contribution >= 4 is 0 Å². The zero-order chi connectivity index (χ0) is 14.1. The molecule has 2 aliphatic carbocycles. The molecule has 0 aromatic rings. The Balaban J connectivity index is 1.60. The van der Waals surface area contributed by atoms with Gasteiger partial charge in [0.2, 0.25) is 0 Å². The second kappa shape index (κ2) is 6.33. The van der Waals surface area contributed by atoms with Crippen molar-refractivity contribution < 1.29 is 0 Å². The maximum Gasteiger partial charge on any atom is 0.0276 e. The smallest absolute Gasteiger partial charge is 0.0276 e. The van der Waals surface area contributed by atoms with Gasteiger partial charge in [0, 0.05) is 44.3 Å². The van der Waals surface area contributed by atoms with Crippen LogP contribution in [0.1, 0.15) is 46.5 Å². The van der Waals surface area contributed by atoms with E-state index in [1.54, 1.807) is 0 Å². The Morgan fingerprint density at radius 1 is 0.950 bits per heavy atom. The van der Waals surface area contributed by atoms with Gasteiger partial charge in [-0.25, -0.2) is 0 Å². The van der Waals surface area contributed by atoms with Crippen LogP contribution < -0.4 is 5.32 Å². The molecule has 0 spiro atoms. The van der Waals surface area contributed by atoms with Crippen LogP contribution in [-0.4, -0.2) is 60.6 Å². The van der Waals surface area contributed by atoms with Crippen LogP contribution in [0.4, 0.5) is 0 Å². The number of hydrogen-bond donors (Lipinski definition) is 1. The van der Waals surface area contributed by atoms with E-state index >= 15 is 0 Å². The molecule has 20 heavy (non-hydrogen) atoms. The highest BCUT2D eigenvalue weighted by Gasteiger charge is 2.39. The topological polar surface area (TPSA) is 18.5 Å². The number of likely N-dealkylation sites (N-methyl/N-ethyl adjacent to an activating group) is 1. The van der Waals surface area contributed by atoms with Crippen LogP contribution in [0.5, 0.6) is 0 Å². The summed E-state index contributed by atoms with van der Waals surface area (Å²) in [7, 11) is 0. The summed E-state index contributed by atoms with van der Waals surface area (Å²) in [6.07, 6.45) is 5.69. The molecule has 3 heteroatoms. The van der Waals surface area contributed by atoms with Gasteiger partial charge >= 0.3 is 0 Å². The standard InChI is InChI=1S/C17H33N3/c1-4-18-16-12-13(2)11-14(3)17(16)20-9-7-19(8-10-20)15-5-6-15/h13-18H,4-12H2,1-3H3. The monoisotopic (exact) mass is 279 g/mol. The minimum absolute atomic E-state index is 0.714. The Kier molecular flexibility index (Phi) is 4.68. The predicted octanol–water partition coefficient (Wildman–Crippen LogP) is 2.18. The van der Waals surface area contributed by atoms with E-state index in [2.05, 4.69) is 35.9 Å². The van der Waals surface area contributed by atoms with Gasteiger partial charge in [-0.05, 0) is 44.1 Å². The molecule has 4 unspecified atom stereocenters. The highest BCUT2D eigenvalue weighted by atomic mass is 15.3. The fraction of sp³-hybridized carbons (Fsp3) is 1.00. The SMILES string of the molecule is CCNC1CC(C)CC(C)C1N1CCN(C2CC2)CC1. The maximum absolute atomic E-state index is 3.78. The van der Waals surface area contributed by atoms with Gasteiger partial charge < -0.3 is 5.32 Å². The minimum Gasteiger partial charge on any atom is -0.313 e. The molecular weight excluding hydrogens is 246 g/mol. The first-order valence-electron chi connectivity index (χ1n) is 8.90. The molecule has 0 bridgehead atoms. The zero-order valence-corrected chi connectivity index (χ0v) is 13.6. The minimum atomic E-state index is 0.714. The first-order valence-corrected chi connectivity index (χ1v) is 8.90. The van der Waals surface area contributed by atoms with Crippen molar-refractivity contribution in [3.05, 3.63) is 0 Å². The van der Waals surface area contributed by atoms with Gasteiger partial charge in [-0.1, -0.05) is 20.8 Å². The lowest BCUT2D eigenvalue weighted by Gasteiger charge is -2.48. The summed E-state index contributed by atoms with van der Waals surface area (Å²) in [6.45, 7) is 13.5. The lowest BCUT2D eigenvalue weighted by atomic mass is 9.75. The number of rotatable bonds is 4. The fourth-order valence-corrected chi connectivity index (χ4v) is 4.76. The molecule has 1 heterocycles. The summed E-state index contributed by atoms with van der Waals surface area (Å²) in [4.78, 5) is 5.54. The van der Waals surface area contributed by atoms with E-state index in [0.717, 1.165) is 30.5 Å². The molecular formula is C17H33N3. The van der Waals surface area contributed by atoms with Gasteiger partial charge in [0.05, 0.1) is 0 Å². The molecule has 116 valence electrons. The second-order valence-corrected chi connectivity index (χ2v) is 7.51. The third kappa shape index (κ3) is 3.20. The van der Waals surface area contributed by atoms with Gasteiger partial charge in [0.1, 0.15) is 0 Å². The second-order valence-electron chi connectivity index (χ2n) is 7.51. The molecule has 0 aromatic carbocycles. The van der Waals surface area contributed by atoms with Gasteiger partial charge in [-0.2, -0.15) is 0 Å². The average molecular weight is 279 g/mol. The molecule has 3 nitrogen and oxygen atoms in total. The van der Waals surface area contributed by atoms with Crippen LogP contribution in [0.3, 0.4) is 0 Å². The molecule has 1 saturated heterocycles. The Hall–Kier alpha value is -0.120. The van der Waals surface area contributed by atoms with E-state index in [1.165, 1.54) is 51.9 Å². The first-order chi connectivity index (χ1) is 9.69. The Morgan fingerprint density at radius 2 is 1.60 bits per heavy atom. The van der Waals surface area contributed by atoms with Crippen molar-refractivity contribution in [2.45, 2.75) is 64.6 Å². The first kappa shape index (κ1) is 14.8. The summed E-state index contributed by atoms with van der Waals surface area (Å²) in [5.74, 6) is 1.73. The van der Waals surface area contributed by atoms with Crippen LogP contribution >= 0.6 is 0 Å². The highest BCUT2D eigenvalue weighted by Crippen LogP contribution is 2.34. The summed E-state index contributed by atoms with van der Waals surface area (Å²) >= 11 is 0. The number of nitrogens with one attached hydrogen (secondary N) is 1.